The Hall–Kier alpha value is -1.88. The van der Waals surface area contributed by atoms with Gasteiger partial charge in [0.1, 0.15) is 0 Å². The highest BCUT2D eigenvalue weighted by atomic mass is 32.2. The van der Waals surface area contributed by atoms with Gasteiger partial charge in [-0.15, -0.1) is 0 Å². The second-order valence-electron chi connectivity index (χ2n) is 4.94. The fourth-order valence-corrected chi connectivity index (χ4v) is 2.74. The van der Waals surface area contributed by atoms with E-state index >= 15 is 0 Å². The number of alkyl halides is 2. The van der Waals surface area contributed by atoms with Gasteiger partial charge in [0, 0.05) is 11.3 Å². The fraction of sp³-hybridized carbons (Fsp3) is 0.235. The van der Waals surface area contributed by atoms with Crippen molar-refractivity contribution in [2.45, 2.75) is 29.9 Å². The lowest BCUT2D eigenvalue weighted by Crippen LogP contribution is -2.15. The normalized spacial score (nSPS) is 12.2. The molecule has 0 aliphatic carbocycles. The minimum absolute atomic E-state index is 0.0658. The number of hydrogen-bond acceptors (Lipinski definition) is 2. The van der Waals surface area contributed by atoms with Crippen LogP contribution in [0.5, 0.6) is 0 Å². The summed E-state index contributed by atoms with van der Waals surface area (Å²) in [6.07, 6.45) is 0.303. The van der Waals surface area contributed by atoms with Crippen LogP contribution < -0.4 is 5.32 Å². The van der Waals surface area contributed by atoms with E-state index < -0.39 is 5.76 Å². The van der Waals surface area contributed by atoms with Crippen molar-refractivity contribution < 1.29 is 13.6 Å². The Kier molecular flexibility index (Phi) is 5.95. The number of nitrogens with one attached hydrogen (secondary N) is 1. The van der Waals surface area contributed by atoms with Crippen LogP contribution in [0, 0.1) is 0 Å². The smallest absolute Gasteiger partial charge is 0.288 e. The number of carbonyl (C=O) groups is 1. The molecule has 0 saturated heterocycles. The van der Waals surface area contributed by atoms with Crippen molar-refractivity contribution in [1.82, 2.24) is 0 Å². The van der Waals surface area contributed by atoms with Crippen LogP contribution in [0.4, 0.5) is 14.5 Å². The Balaban J connectivity index is 2.00. The molecule has 1 amide bonds. The van der Waals surface area contributed by atoms with Crippen LogP contribution in [0.2, 0.25) is 0 Å². The van der Waals surface area contributed by atoms with Crippen LogP contribution in [0.1, 0.15) is 24.8 Å². The fourth-order valence-electron chi connectivity index (χ4n) is 2.15. The molecule has 2 nitrogen and oxygen atoms in total. The van der Waals surface area contributed by atoms with Crippen molar-refractivity contribution in [3.63, 3.8) is 0 Å². The molecule has 0 radical (unpaired) electrons. The first-order valence-electron chi connectivity index (χ1n) is 6.95. The second-order valence-corrected chi connectivity index (χ2v) is 5.97. The molecule has 1 N–H and O–H groups in total. The summed E-state index contributed by atoms with van der Waals surface area (Å²) >= 11 is 0.434. The molecule has 5 heteroatoms. The summed E-state index contributed by atoms with van der Waals surface area (Å²) in [6.45, 7) is 1.97. The zero-order valence-corrected chi connectivity index (χ0v) is 12.9. The molecular weight excluding hydrogens is 304 g/mol. The third-order valence-electron chi connectivity index (χ3n) is 3.24. The summed E-state index contributed by atoms with van der Waals surface area (Å²) in [5.41, 5.74) is 1.51. The number of amides is 1. The molecule has 2 rings (SSSR count). The van der Waals surface area contributed by atoms with E-state index in [-0.39, 0.29) is 11.8 Å². The highest BCUT2D eigenvalue weighted by molar-refractivity contribution is 7.99. The van der Waals surface area contributed by atoms with E-state index in [1.165, 1.54) is 0 Å². The molecular formula is C17H17F2NOS. The Labute approximate surface area is 132 Å². The van der Waals surface area contributed by atoms with Gasteiger partial charge in [0.05, 0.1) is 5.69 Å². The van der Waals surface area contributed by atoms with Gasteiger partial charge >= 0.3 is 0 Å². The first kappa shape index (κ1) is 16.5. The summed E-state index contributed by atoms with van der Waals surface area (Å²) < 4.78 is 25.0. The quantitative estimate of drug-likeness (QED) is 0.747. The number of benzene rings is 2. The zero-order chi connectivity index (χ0) is 15.9. The standard InChI is InChI=1S/C17H17F2NOS/c1-12(13-7-3-2-4-8-13)11-16(21)20-14-9-5-6-10-15(14)22-17(18)19/h2-10,12,17H,11H2,1H3,(H,20,21). The van der Waals surface area contributed by atoms with Gasteiger partial charge in [0.15, 0.2) is 0 Å². The molecule has 0 aliphatic heterocycles. The molecule has 0 aliphatic rings. The van der Waals surface area contributed by atoms with Gasteiger partial charge in [-0.25, -0.2) is 0 Å². The second kappa shape index (κ2) is 7.94. The number of hydrogen-bond donors (Lipinski definition) is 1. The maximum Gasteiger partial charge on any atom is 0.288 e. The van der Waals surface area contributed by atoms with Crippen molar-refractivity contribution >= 4 is 23.4 Å². The maximum atomic E-state index is 12.5. The van der Waals surface area contributed by atoms with Gasteiger partial charge in [-0.3, -0.25) is 4.79 Å². The lowest BCUT2D eigenvalue weighted by atomic mass is 9.97. The van der Waals surface area contributed by atoms with Gasteiger partial charge in [-0.2, -0.15) is 8.78 Å². The monoisotopic (exact) mass is 321 g/mol. The third kappa shape index (κ3) is 4.84. The van der Waals surface area contributed by atoms with Crippen molar-refractivity contribution in [2.75, 3.05) is 5.32 Å². The molecule has 2 aromatic rings. The van der Waals surface area contributed by atoms with Crippen LogP contribution >= 0.6 is 11.8 Å². The molecule has 0 spiro atoms. The molecule has 2 aromatic carbocycles. The minimum atomic E-state index is -2.51. The van der Waals surface area contributed by atoms with Crippen molar-refractivity contribution in [1.29, 1.82) is 0 Å². The molecule has 1 atom stereocenters. The van der Waals surface area contributed by atoms with Gasteiger partial charge in [0.25, 0.3) is 5.76 Å². The van der Waals surface area contributed by atoms with Crippen LogP contribution in [-0.2, 0) is 4.79 Å². The summed E-state index contributed by atoms with van der Waals surface area (Å²) in [5, 5.41) is 2.72. The molecule has 0 saturated carbocycles. The average molecular weight is 321 g/mol. The molecule has 116 valence electrons. The Morgan fingerprint density at radius 1 is 1.09 bits per heavy atom. The highest BCUT2D eigenvalue weighted by Gasteiger charge is 2.14. The lowest BCUT2D eigenvalue weighted by Gasteiger charge is -2.14. The van der Waals surface area contributed by atoms with E-state index in [1.54, 1.807) is 24.3 Å². The van der Waals surface area contributed by atoms with E-state index in [9.17, 15) is 13.6 Å². The maximum absolute atomic E-state index is 12.5. The molecule has 0 fully saturated rings. The van der Waals surface area contributed by atoms with Crippen LogP contribution in [-0.4, -0.2) is 11.7 Å². The molecule has 0 heterocycles. The van der Waals surface area contributed by atoms with Crippen LogP contribution in [0.3, 0.4) is 0 Å². The van der Waals surface area contributed by atoms with Gasteiger partial charge in [-0.1, -0.05) is 61.2 Å². The largest absolute Gasteiger partial charge is 0.325 e. The SMILES string of the molecule is CC(CC(=O)Nc1ccccc1SC(F)F)c1ccccc1. The molecule has 1 unspecified atom stereocenters. The number of para-hydroxylation sites is 1. The van der Waals surface area contributed by atoms with Crippen molar-refractivity contribution in [2.24, 2.45) is 0 Å². The van der Waals surface area contributed by atoms with Crippen molar-refractivity contribution in [3.05, 3.63) is 60.2 Å². The summed E-state index contributed by atoms with van der Waals surface area (Å²) in [7, 11) is 0. The Morgan fingerprint density at radius 3 is 2.41 bits per heavy atom. The van der Waals surface area contributed by atoms with E-state index in [4.69, 9.17) is 0 Å². The molecule has 22 heavy (non-hydrogen) atoms. The third-order valence-corrected chi connectivity index (χ3v) is 4.03. The predicted molar refractivity (Wildman–Crippen MR) is 86.4 cm³/mol. The highest BCUT2D eigenvalue weighted by Crippen LogP contribution is 2.32. The minimum Gasteiger partial charge on any atom is -0.325 e. The lowest BCUT2D eigenvalue weighted by molar-refractivity contribution is -0.116. The van der Waals surface area contributed by atoms with Gasteiger partial charge < -0.3 is 5.32 Å². The Morgan fingerprint density at radius 2 is 1.73 bits per heavy atom. The number of anilines is 1. The summed E-state index contributed by atoms with van der Waals surface area (Å²) in [6, 6.07) is 16.3. The topological polar surface area (TPSA) is 29.1 Å². The Bertz CT molecular complexity index is 619. The first-order valence-corrected chi connectivity index (χ1v) is 7.83. The van der Waals surface area contributed by atoms with E-state index in [0.717, 1.165) is 5.56 Å². The zero-order valence-electron chi connectivity index (χ0n) is 12.1. The first-order chi connectivity index (χ1) is 10.6. The average Bonchev–Trinajstić information content (AvgIpc) is 2.49. The van der Waals surface area contributed by atoms with Gasteiger partial charge in [-0.05, 0) is 23.6 Å². The van der Waals surface area contributed by atoms with E-state index in [0.29, 0.717) is 28.8 Å². The molecule has 0 bridgehead atoms. The number of carbonyl (C=O) groups excluding carboxylic acids is 1. The number of rotatable bonds is 6. The summed E-state index contributed by atoms with van der Waals surface area (Å²) in [4.78, 5) is 12.5. The predicted octanol–water partition coefficient (Wildman–Crippen LogP) is 5.13. The van der Waals surface area contributed by atoms with E-state index in [1.807, 2.05) is 37.3 Å². The number of thioether (sulfide) groups is 1. The van der Waals surface area contributed by atoms with Crippen molar-refractivity contribution in [3.8, 4) is 0 Å². The number of halogens is 2. The summed E-state index contributed by atoms with van der Waals surface area (Å²) in [5.74, 6) is -2.63. The van der Waals surface area contributed by atoms with Crippen LogP contribution in [0.25, 0.3) is 0 Å². The van der Waals surface area contributed by atoms with E-state index in [2.05, 4.69) is 5.32 Å². The van der Waals surface area contributed by atoms with Gasteiger partial charge in [0.2, 0.25) is 5.91 Å². The van der Waals surface area contributed by atoms with Crippen LogP contribution in [0.15, 0.2) is 59.5 Å². The molecule has 0 aromatic heterocycles.